The Morgan fingerprint density at radius 3 is 2.82 bits per heavy atom. The Labute approximate surface area is 187 Å². The van der Waals surface area contributed by atoms with Gasteiger partial charge in [-0.2, -0.15) is 13.2 Å². The summed E-state index contributed by atoms with van der Waals surface area (Å²) in [5.74, 6) is 0.326. The van der Waals surface area contributed by atoms with Crippen LogP contribution in [0.1, 0.15) is 18.4 Å². The summed E-state index contributed by atoms with van der Waals surface area (Å²) in [6.45, 7) is -1.39. The molecular formula is C22H22F3N5O3. The fourth-order valence-electron chi connectivity index (χ4n) is 3.34. The number of benzene rings is 1. The van der Waals surface area contributed by atoms with Crippen molar-refractivity contribution in [2.45, 2.75) is 19.0 Å². The van der Waals surface area contributed by atoms with Gasteiger partial charge < -0.3 is 20.6 Å². The second-order valence-corrected chi connectivity index (χ2v) is 7.60. The number of alkyl halides is 3. The summed E-state index contributed by atoms with van der Waals surface area (Å²) in [6, 6.07) is 9.62. The summed E-state index contributed by atoms with van der Waals surface area (Å²) in [6.07, 6.45) is 1.11. The molecule has 33 heavy (non-hydrogen) atoms. The average molecular weight is 461 g/mol. The van der Waals surface area contributed by atoms with E-state index in [1.807, 2.05) is 28.8 Å². The number of anilines is 1. The Balaban J connectivity index is 1.54. The molecule has 0 saturated heterocycles. The first-order chi connectivity index (χ1) is 15.8. The predicted molar refractivity (Wildman–Crippen MR) is 116 cm³/mol. The van der Waals surface area contributed by atoms with Gasteiger partial charge in [-0.3, -0.25) is 4.40 Å². The normalized spacial score (nSPS) is 14.4. The summed E-state index contributed by atoms with van der Waals surface area (Å²) in [4.78, 5) is 21.4. The van der Waals surface area contributed by atoms with Crippen LogP contribution in [0.3, 0.4) is 0 Å². The number of oxime groups is 1. The maximum absolute atomic E-state index is 12.3. The SMILES string of the molecule is O=C(NCC(F)(F)F)Nc1cccc(-c2cnc3cc(/C(=N/OCCO)C4CC4)ccn23)c1. The van der Waals surface area contributed by atoms with Gasteiger partial charge >= 0.3 is 12.2 Å². The number of halogens is 3. The van der Waals surface area contributed by atoms with Gasteiger partial charge in [-0.1, -0.05) is 17.3 Å². The van der Waals surface area contributed by atoms with Crippen LogP contribution in [0.25, 0.3) is 16.9 Å². The van der Waals surface area contributed by atoms with Gasteiger partial charge in [0.2, 0.25) is 0 Å². The molecule has 2 amide bonds. The van der Waals surface area contributed by atoms with Crippen molar-refractivity contribution in [2.24, 2.45) is 11.1 Å². The van der Waals surface area contributed by atoms with E-state index in [2.05, 4.69) is 15.5 Å². The number of nitrogens with zero attached hydrogens (tertiary/aromatic N) is 3. The van der Waals surface area contributed by atoms with E-state index < -0.39 is 18.8 Å². The molecule has 0 unspecified atom stereocenters. The Morgan fingerprint density at radius 2 is 2.09 bits per heavy atom. The zero-order valence-electron chi connectivity index (χ0n) is 17.5. The van der Waals surface area contributed by atoms with Crippen LogP contribution in [0.2, 0.25) is 0 Å². The lowest BCUT2D eigenvalue weighted by molar-refractivity contribution is -0.122. The van der Waals surface area contributed by atoms with E-state index in [1.54, 1.807) is 29.7 Å². The molecule has 2 heterocycles. The second kappa shape index (κ2) is 9.49. The van der Waals surface area contributed by atoms with E-state index in [9.17, 15) is 18.0 Å². The average Bonchev–Trinajstić information content (AvgIpc) is 3.53. The number of amides is 2. The molecule has 1 saturated carbocycles. The number of hydrogen-bond acceptors (Lipinski definition) is 5. The highest BCUT2D eigenvalue weighted by Crippen LogP contribution is 2.34. The minimum Gasteiger partial charge on any atom is -0.393 e. The number of urea groups is 1. The highest BCUT2D eigenvalue weighted by Gasteiger charge is 2.30. The predicted octanol–water partition coefficient (Wildman–Crippen LogP) is 3.81. The van der Waals surface area contributed by atoms with Crippen molar-refractivity contribution in [3.8, 4) is 11.3 Å². The van der Waals surface area contributed by atoms with Crippen molar-refractivity contribution in [3.63, 3.8) is 0 Å². The number of nitrogens with one attached hydrogen (secondary N) is 2. The number of imidazole rings is 1. The maximum Gasteiger partial charge on any atom is 0.405 e. The molecule has 3 N–H and O–H groups in total. The number of rotatable bonds is 8. The summed E-state index contributed by atoms with van der Waals surface area (Å²) in [7, 11) is 0. The Hall–Kier alpha value is -3.60. The van der Waals surface area contributed by atoms with Crippen LogP contribution in [0, 0.1) is 5.92 Å². The molecule has 11 heteroatoms. The number of aromatic nitrogens is 2. The fourth-order valence-corrected chi connectivity index (χ4v) is 3.34. The molecule has 174 valence electrons. The number of aliphatic hydroxyl groups excluding tert-OH is 1. The molecule has 2 aromatic heterocycles. The van der Waals surface area contributed by atoms with Crippen LogP contribution < -0.4 is 10.6 Å². The van der Waals surface area contributed by atoms with E-state index in [4.69, 9.17) is 9.94 Å². The monoisotopic (exact) mass is 461 g/mol. The lowest BCUT2D eigenvalue weighted by Gasteiger charge is -2.11. The van der Waals surface area contributed by atoms with Gasteiger partial charge in [0.1, 0.15) is 18.8 Å². The van der Waals surface area contributed by atoms with Crippen molar-refractivity contribution in [2.75, 3.05) is 25.1 Å². The van der Waals surface area contributed by atoms with E-state index in [1.165, 1.54) is 0 Å². The Bertz CT molecular complexity index is 1170. The summed E-state index contributed by atoms with van der Waals surface area (Å²) < 4.78 is 38.7. The number of carbonyl (C=O) groups excluding carboxylic acids is 1. The molecule has 3 aromatic rings. The number of fused-ring (bicyclic) bond motifs is 1. The highest BCUT2D eigenvalue weighted by atomic mass is 19.4. The number of pyridine rings is 1. The standard InChI is InChI=1S/C22H22F3N5O3/c23-22(24,25)13-27-21(32)28-17-3-1-2-15(10-17)18-12-26-19-11-16(6-7-30(18)19)20(14-4-5-14)29-33-9-8-31/h1-3,6-7,10-12,14,31H,4-5,8-9,13H2,(H2,27,28,32)/b29-20+. The number of hydrogen-bond donors (Lipinski definition) is 3. The molecule has 0 bridgehead atoms. The van der Waals surface area contributed by atoms with Crippen molar-refractivity contribution in [1.29, 1.82) is 0 Å². The van der Waals surface area contributed by atoms with Gasteiger partial charge in [-0.25, -0.2) is 9.78 Å². The van der Waals surface area contributed by atoms with E-state index in [-0.39, 0.29) is 13.2 Å². The largest absolute Gasteiger partial charge is 0.405 e. The van der Waals surface area contributed by atoms with E-state index in [0.29, 0.717) is 17.3 Å². The van der Waals surface area contributed by atoms with Gasteiger partial charge in [0.15, 0.2) is 0 Å². The fraction of sp³-hybridized carbons (Fsp3) is 0.318. The number of carbonyl (C=O) groups is 1. The minimum atomic E-state index is -4.48. The summed E-state index contributed by atoms with van der Waals surface area (Å²) in [5, 5.41) is 17.3. The highest BCUT2D eigenvalue weighted by molar-refractivity contribution is 6.04. The van der Waals surface area contributed by atoms with Gasteiger partial charge in [0, 0.05) is 28.9 Å². The summed E-state index contributed by atoms with van der Waals surface area (Å²) >= 11 is 0. The Kier molecular flexibility index (Phi) is 6.50. The molecule has 0 spiro atoms. The molecule has 8 nitrogen and oxygen atoms in total. The molecular weight excluding hydrogens is 439 g/mol. The third-order valence-corrected chi connectivity index (χ3v) is 4.98. The lowest BCUT2D eigenvalue weighted by atomic mass is 10.1. The molecule has 0 aliphatic heterocycles. The first-order valence-electron chi connectivity index (χ1n) is 10.3. The van der Waals surface area contributed by atoms with E-state index in [0.717, 1.165) is 35.4 Å². The van der Waals surface area contributed by atoms with Crippen LogP contribution in [0.4, 0.5) is 23.7 Å². The molecule has 1 fully saturated rings. The van der Waals surface area contributed by atoms with Gasteiger partial charge in [0.05, 0.1) is 24.2 Å². The third kappa shape index (κ3) is 5.80. The van der Waals surface area contributed by atoms with Crippen LogP contribution in [0.5, 0.6) is 0 Å². The molecule has 0 radical (unpaired) electrons. The lowest BCUT2D eigenvalue weighted by Crippen LogP contribution is -2.36. The first kappa shape index (κ1) is 22.6. The smallest absolute Gasteiger partial charge is 0.393 e. The topological polar surface area (TPSA) is 100 Å². The minimum absolute atomic E-state index is 0.109. The first-order valence-corrected chi connectivity index (χ1v) is 10.3. The number of aliphatic hydroxyl groups is 1. The third-order valence-electron chi connectivity index (χ3n) is 4.98. The molecule has 4 rings (SSSR count). The van der Waals surface area contributed by atoms with Crippen molar-refractivity contribution in [3.05, 3.63) is 54.4 Å². The zero-order valence-corrected chi connectivity index (χ0v) is 17.5. The summed E-state index contributed by atoms with van der Waals surface area (Å²) in [5.41, 5.74) is 4.22. The van der Waals surface area contributed by atoms with Gasteiger partial charge in [-0.05, 0) is 37.1 Å². The van der Waals surface area contributed by atoms with Crippen LogP contribution >= 0.6 is 0 Å². The van der Waals surface area contributed by atoms with Crippen LogP contribution in [0.15, 0.2) is 53.9 Å². The van der Waals surface area contributed by atoms with Crippen molar-refractivity contribution >= 4 is 23.1 Å². The van der Waals surface area contributed by atoms with Crippen LogP contribution in [-0.2, 0) is 4.84 Å². The van der Waals surface area contributed by atoms with Gasteiger partial charge in [0.25, 0.3) is 0 Å². The quantitative estimate of drug-likeness (QED) is 0.270. The Morgan fingerprint density at radius 1 is 1.27 bits per heavy atom. The van der Waals surface area contributed by atoms with E-state index >= 15 is 0 Å². The molecule has 0 atom stereocenters. The van der Waals surface area contributed by atoms with Crippen molar-refractivity contribution < 1.29 is 27.9 Å². The van der Waals surface area contributed by atoms with Crippen molar-refractivity contribution in [1.82, 2.24) is 14.7 Å². The van der Waals surface area contributed by atoms with Gasteiger partial charge in [-0.15, -0.1) is 0 Å². The molecule has 1 aromatic carbocycles. The second-order valence-electron chi connectivity index (χ2n) is 7.60. The molecule has 1 aliphatic rings. The maximum atomic E-state index is 12.3. The van der Waals surface area contributed by atoms with Crippen LogP contribution in [-0.4, -0.2) is 52.2 Å². The molecule has 1 aliphatic carbocycles. The zero-order chi connectivity index (χ0) is 23.4.